The van der Waals surface area contributed by atoms with Gasteiger partial charge in [-0.25, -0.2) is 0 Å². The Bertz CT molecular complexity index is 3530. The van der Waals surface area contributed by atoms with Crippen LogP contribution < -0.4 is 10.2 Å². The molecule has 2 aliphatic heterocycles. The lowest BCUT2D eigenvalue weighted by Gasteiger charge is -2.33. The lowest BCUT2D eigenvalue weighted by atomic mass is 9.70. The molecule has 4 aliphatic carbocycles. The third-order valence-corrected chi connectivity index (χ3v) is 15.4. The summed E-state index contributed by atoms with van der Waals surface area (Å²) in [6.45, 7) is 4.69. The number of para-hydroxylation sites is 1. The second-order valence-corrected chi connectivity index (χ2v) is 18.9. The summed E-state index contributed by atoms with van der Waals surface area (Å²) >= 11 is 0. The van der Waals surface area contributed by atoms with Gasteiger partial charge in [0.15, 0.2) is 0 Å². The molecule has 2 unspecified atom stereocenters. The molecule has 65 heavy (non-hydrogen) atoms. The summed E-state index contributed by atoms with van der Waals surface area (Å²) in [7, 11) is 0. The van der Waals surface area contributed by atoms with Crippen molar-refractivity contribution in [1.29, 1.82) is 5.26 Å². The molecule has 14 rings (SSSR count). The first-order chi connectivity index (χ1) is 32.0. The Kier molecular flexibility index (Phi) is 7.32. The van der Waals surface area contributed by atoms with Crippen LogP contribution in [0, 0.1) is 11.3 Å². The van der Waals surface area contributed by atoms with Gasteiger partial charge in [0.1, 0.15) is 12.2 Å². The Balaban J connectivity index is 0.962. The van der Waals surface area contributed by atoms with E-state index in [4.69, 9.17) is 4.99 Å². The first kappa shape index (κ1) is 36.5. The van der Waals surface area contributed by atoms with Crippen molar-refractivity contribution in [2.75, 3.05) is 4.90 Å². The topological polar surface area (TPSA) is 51.4 Å². The van der Waals surface area contributed by atoms with Crippen molar-refractivity contribution in [1.82, 2.24) is 5.32 Å². The monoisotopic (exact) mass is 830 g/mol. The summed E-state index contributed by atoms with van der Waals surface area (Å²) < 4.78 is 0. The molecule has 0 aromatic heterocycles. The molecule has 1 N–H and O–H groups in total. The van der Waals surface area contributed by atoms with Gasteiger partial charge >= 0.3 is 0 Å². The van der Waals surface area contributed by atoms with Gasteiger partial charge in [-0.3, -0.25) is 4.99 Å². The summed E-state index contributed by atoms with van der Waals surface area (Å²) in [5.41, 5.74) is 25.3. The SMILES string of the molecule is CC1(C)C2=C(NC(c3ccc(N4c5ccccc5C5=Cc6ccccc6CC54)c(C#N)c3)N=C2c2cccc3c2-c2ccccc2C32c3ccccc3-c3ccccc32)c2ccccc21. The van der Waals surface area contributed by atoms with Crippen molar-refractivity contribution < 1.29 is 0 Å². The second-order valence-electron chi connectivity index (χ2n) is 18.9. The first-order valence-electron chi connectivity index (χ1n) is 22.8. The zero-order valence-corrected chi connectivity index (χ0v) is 36.1. The fraction of sp³-hybridized carbons (Fsp3) is 0.115. The van der Waals surface area contributed by atoms with Gasteiger partial charge in [0, 0.05) is 39.1 Å². The number of benzene rings is 8. The van der Waals surface area contributed by atoms with E-state index in [1.54, 1.807) is 0 Å². The fourth-order valence-electron chi connectivity index (χ4n) is 12.8. The highest BCUT2D eigenvalue weighted by molar-refractivity contribution is 6.24. The number of hydrogen-bond donors (Lipinski definition) is 1. The van der Waals surface area contributed by atoms with E-state index < -0.39 is 11.6 Å². The Labute approximate surface area is 379 Å². The van der Waals surface area contributed by atoms with Crippen LogP contribution in [0.1, 0.15) is 86.8 Å². The largest absolute Gasteiger partial charge is 0.359 e. The normalized spacial score (nSPS) is 19.0. The summed E-state index contributed by atoms with van der Waals surface area (Å²) in [4.78, 5) is 8.24. The Morgan fingerprint density at radius 1 is 0.585 bits per heavy atom. The van der Waals surface area contributed by atoms with Crippen LogP contribution in [0.25, 0.3) is 39.6 Å². The quantitative estimate of drug-likeness (QED) is 0.193. The third-order valence-electron chi connectivity index (χ3n) is 15.4. The van der Waals surface area contributed by atoms with Gasteiger partial charge in [-0.15, -0.1) is 0 Å². The van der Waals surface area contributed by atoms with Gasteiger partial charge < -0.3 is 10.2 Å². The molecule has 2 atom stereocenters. The van der Waals surface area contributed by atoms with Gasteiger partial charge in [-0.05, 0) is 103 Å². The number of nitrogens with one attached hydrogen (secondary N) is 1. The molecule has 0 radical (unpaired) electrons. The van der Waals surface area contributed by atoms with Gasteiger partial charge in [0.25, 0.3) is 0 Å². The lowest BCUT2D eigenvalue weighted by Crippen LogP contribution is -2.32. The number of anilines is 2. The van der Waals surface area contributed by atoms with E-state index in [0.717, 1.165) is 40.3 Å². The van der Waals surface area contributed by atoms with Crippen LogP contribution >= 0.6 is 0 Å². The third kappa shape index (κ3) is 4.67. The molecule has 306 valence electrons. The number of allylic oxidation sites excluding steroid dienone is 1. The fourth-order valence-corrected chi connectivity index (χ4v) is 12.8. The smallest absolute Gasteiger partial charge is 0.145 e. The van der Waals surface area contributed by atoms with Crippen molar-refractivity contribution in [3.05, 3.63) is 254 Å². The zero-order chi connectivity index (χ0) is 43.2. The average Bonchev–Trinajstić information content (AvgIpc) is 4.03. The maximum Gasteiger partial charge on any atom is 0.145 e. The zero-order valence-electron chi connectivity index (χ0n) is 36.1. The molecule has 2 heterocycles. The Morgan fingerprint density at radius 3 is 1.94 bits per heavy atom. The molecule has 0 saturated heterocycles. The predicted octanol–water partition coefficient (Wildman–Crippen LogP) is 13.3. The Hall–Kier alpha value is -8.00. The van der Waals surface area contributed by atoms with Gasteiger partial charge in [0.2, 0.25) is 0 Å². The molecular weight excluding hydrogens is 789 g/mol. The van der Waals surface area contributed by atoms with E-state index in [1.807, 2.05) is 0 Å². The van der Waals surface area contributed by atoms with Crippen LogP contribution in [0.2, 0.25) is 0 Å². The van der Waals surface area contributed by atoms with E-state index in [2.05, 4.69) is 218 Å². The van der Waals surface area contributed by atoms with E-state index in [-0.39, 0.29) is 11.5 Å². The molecule has 1 spiro atoms. The highest BCUT2D eigenvalue weighted by Crippen LogP contribution is 2.64. The van der Waals surface area contributed by atoms with Gasteiger partial charge in [-0.1, -0.05) is 178 Å². The van der Waals surface area contributed by atoms with Crippen LogP contribution in [0.5, 0.6) is 0 Å². The van der Waals surface area contributed by atoms with Crippen molar-refractivity contribution in [2.45, 2.75) is 43.3 Å². The summed E-state index contributed by atoms with van der Waals surface area (Å²) in [6.07, 6.45) is 2.78. The number of aliphatic imine (C=N–C) groups is 1. The summed E-state index contributed by atoms with van der Waals surface area (Å²) in [5.74, 6) is 0. The first-order valence-corrected chi connectivity index (χ1v) is 22.8. The molecule has 8 aromatic rings. The lowest BCUT2D eigenvalue weighted by molar-refractivity contribution is 0.627. The highest BCUT2D eigenvalue weighted by Gasteiger charge is 2.53. The van der Waals surface area contributed by atoms with Crippen LogP contribution in [0.4, 0.5) is 11.4 Å². The van der Waals surface area contributed by atoms with Crippen molar-refractivity contribution in [3.8, 4) is 28.3 Å². The molecule has 8 aromatic carbocycles. The van der Waals surface area contributed by atoms with Gasteiger partial charge in [-0.2, -0.15) is 5.26 Å². The molecular formula is C61H42N4. The second kappa shape index (κ2) is 13.0. The summed E-state index contributed by atoms with van der Waals surface area (Å²) in [6, 6.07) is 69.3. The highest BCUT2D eigenvalue weighted by atomic mass is 15.2. The minimum absolute atomic E-state index is 0.0905. The van der Waals surface area contributed by atoms with Gasteiger partial charge in [0.05, 0.1) is 28.4 Å². The number of nitrogens with zero attached hydrogens (tertiary/aromatic N) is 3. The number of rotatable bonds is 3. The molecule has 4 nitrogen and oxygen atoms in total. The average molecular weight is 831 g/mol. The van der Waals surface area contributed by atoms with Crippen LogP contribution in [-0.2, 0) is 17.3 Å². The minimum Gasteiger partial charge on any atom is -0.359 e. The Morgan fingerprint density at radius 2 is 1.18 bits per heavy atom. The van der Waals surface area contributed by atoms with E-state index in [0.29, 0.717) is 5.56 Å². The van der Waals surface area contributed by atoms with E-state index >= 15 is 0 Å². The number of nitriles is 1. The standard InChI is InChI=1S/C61H42N4/c1-60(2)47-24-10-8-22-44(47)57-56(60)58(45-23-15-28-51-55(45)43-21-7-13-27-50(43)61(51)48-25-11-5-18-40(48)41-19-6-12-26-49(41)61)64-59(63-57)38-30-31-52(39(32-38)35-62)65-53-29-14-9-20-42(53)46-33-36-16-3-4-17-37(36)34-54(46)65/h3-33,54,59,63H,34H2,1-2H3. The molecule has 0 fully saturated rings. The minimum atomic E-state index is -0.464. The van der Waals surface area contributed by atoms with Crippen molar-refractivity contribution in [3.63, 3.8) is 0 Å². The molecule has 6 aliphatic rings. The summed E-state index contributed by atoms with van der Waals surface area (Å²) in [5, 5.41) is 15.0. The van der Waals surface area contributed by atoms with Crippen LogP contribution in [-0.4, -0.2) is 11.8 Å². The maximum atomic E-state index is 11.1. The van der Waals surface area contributed by atoms with Crippen molar-refractivity contribution >= 4 is 34.4 Å². The molecule has 4 heteroatoms. The molecule has 0 bridgehead atoms. The van der Waals surface area contributed by atoms with E-state index in [9.17, 15) is 5.26 Å². The molecule has 0 saturated carbocycles. The van der Waals surface area contributed by atoms with E-state index in [1.165, 1.54) is 83.5 Å². The van der Waals surface area contributed by atoms with Crippen LogP contribution in [0.3, 0.4) is 0 Å². The maximum absolute atomic E-state index is 11.1. The van der Waals surface area contributed by atoms with Crippen molar-refractivity contribution in [2.24, 2.45) is 4.99 Å². The number of hydrogen-bond acceptors (Lipinski definition) is 4. The van der Waals surface area contributed by atoms with Crippen LogP contribution in [0.15, 0.2) is 193 Å². The predicted molar refractivity (Wildman–Crippen MR) is 263 cm³/mol. The number of fused-ring (bicyclic) bond motifs is 16. The molecule has 0 amide bonds.